The van der Waals surface area contributed by atoms with Crippen molar-refractivity contribution >= 4 is 18.0 Å². The summed E-state index contributed by atoms with van der Waals surface area (Å²) in [5.74, 6) is -1.21. The number of urea groups is 1. The summed E-state index contributed by atoms with van der Waals surface area (Å²) in [6, 6.07) is 8.25. The van der Waals surface area contributed by atoms with E-state index in [1.807, 2.05) is 44.2 Å². The molecule has 1 rings (SSSR count). The van der Waals surface area contributed by atoms with Crippen molar-refractivity contribution in [3.63, 3.8) is 0 Å². The van der Waals surface area contributed by atoms with Crippen LogP contribution in [0.25, 0.3) is 0 Å². The number of hydrogen-bond donors (Lipinski definition) is 2. The largest absolute Gasteiger partial charge is 0.464 e. The number of hydrogen-bond acceptors (Lipinski definition) is 6. The second-order valence-corrected chi connectivity index (χ2v) is 7.35. The highest BCUT2D eigenvalue weighted by atomic mass is 16.5. The van der Waals surface area contributed by atoms with E-state index in [4.69, 9.17) is 9.47 Å². The van der Waals surface area contributed by atoms with E-state index < -0.39 is 30.1 Å². The van der Waals surface area contributed by atoms with Crippen molar-refractivity contribution in [3.8, 4) is 0 Å². The first kappa shape index (κ1) is 25.4. The summed E-state index contributed by atoms with van der Waals surface area (Å²) in [4.78, 5) is 38.3. The molecule has 8 heteroatoms. The van der Waals surface area contributed by atoms with Crippen LogP contribution in [0.2, 0.25) is 0 Å². The topological polar surface area (TPSA) is 105 Å². The number of benzene rings is 1. The number of esters is 2. The average Bonchev–Trinajstić information content (AvgIpc) is 2.71. The minimum atomic E-state index is -1.46. The van der Waals surface area contributed by atoms with Gasteiger partial charge in [0.15, 0.2) is 6.10 Å². The lowest BCUT2D eigenvalue weighted by molar-refractivity contribution is -0.153. The molecule has 2 atom stereocenters. The third kappa shape index (κ3) is 9.26. The van der Waals surface area contributed by atoms with Crippen molar-refractivity contribution in [2.75, 3.05) is 26.3 Å². The molecule has 2 N–H and O–H groups in total. The van der Waals surface area contributed by atoms with Gasteiger partial charge in [0.25, 0.3) is 0 Å². The van der Waals surface area contributed by atoms with Gasteiger partial charge >= 0.3 is 18.0 Å². The summed E-state index contributed by atoms with van der Waals surface area (Å²) in [6.07, 6.45) is -0.509. The van der Waals surface area contributed by atoms with Crippen molar-refractivity contribution in [2.45, 2.75) is 52.7 Å². The molecule has 0 saturated carbocycles. The van der Waals surface area contributed by atoms with E-state index in [-0.39, 0.29) is 25.7 Å². The maximum absolute atomic E-state index is 12.9. The number of aliphatic hydroxyl groups is 1. The second kappa shape index (κ2) is 13.6. The van der Waals surface area contributed by atoms with Crippen LogP contribution in [-0.2, 0) is 25.5 Å². The number of amides is 2. The third-order valence-electron chi connectivity index (χ3n) is 4.26. The molecule has 0 heterocycles. The van der Waals surface area contributed by atoms with E-state index >= 15 is 0 Å². The second-order valence-electron chi connectivity index (χ2n) is 7.35. The lowest BCUT2D eigenvalue weighted by Crippen LogP contribution is -2.52. The molecule has 168 valence electrons. The molecule has 1 aromatic rings. The van der Waals surface area contributed by atoms with Gasteiger partial charge in [-0.15, -0.1) is 0 Å². The van der Waals surface area contributed by atoms with Crippen LogP contribution >= 0.6 is 0 Å². The molecular weight excluding hydrogens is 388 g/mol. The number of aliphatic hydroxyl groups excluding tert-OH is 1. The van der Waals surface area contributed by atoms with E-state index in [1.165, 1.54) is 4.90 Å². The van der Waals surface area contributed by atoms with Gasteiger partial charge in [0.05, 0.1) is 19.8 Å². The maximum Gasteiger partial charge on any atom is 0.336 e. The van der Waals surface area contributed by atoms with E-state index in [0.29, 0.717) is 19.4 Å². The SMILES string of the molecule is CCOC(=O)C(O)CN(CC(C)C)C(=O)N[C@@H](CCc1ccccc1)C(=O)OCC. The van der Waals surface area contributed by atoms with Gasteiger partial charge in [0, 0.05) is 6.54 Å². The van der Waals surface area contributed by atoms with Crippen LogP contribution in [0.15, 0.2) is 30.3 Å². The van der Waals surface area contributed by atoms with Gasteiger partial charge in [0.1, 0.15) is 6.04 Å². The van der Waals surface area contributed by atoms with Gasteiger partial charge in [-0.1, -0.05) is 44.2 Å². The van der Waals surface area contributed by atoms with Crippen molar-refractivity contribution in [1.29, 1.82) is 0 Å². The minimum absolute atomic E-state index is 0.0931. The molecule has 0 aliphatic carbocycles. The van der Waals surface area contributed by atoms with E-state index in [9.17, 15) is 19.5 Å². The number of aryl methyl sites for hydroxylation is 1. The highest BCUT2D eigenvalue weighted by molar-refractivity contribution is 5.84. The van der Waals surface area contributed by atoms with Crippen LogP contribution in [0.4, 0.5) is 4.79 Å². The smallest absolute Gasteiger partial charge is 0.336 e. The number of nitrogens with zero attached hydrogens (tertiary/aromatic N) is 1. The predicted molar refractivity (Wildman–Crippen MR) is 113 cm³/mol. The normalized spacial score (nSPS) is 12.7. The van der Waals surface area contributed by atoms with Gasteiger partial charge in [-0.2, -0.15) is 0 Å². The van der Waals surface area contributed by atoms with Crippen LogP contribution in [0.3, 0.4) is 0 Å². The highest BCUT2D eigenvalue weighted by Crippen LogP contribution is 2.09. The third-order valence-corrected chi connectivity index (χ3v) is 4.26. The molecule has 1 aromatic carbocycles. The molecule has 0 bridgehead atoms. The average molecular weight is 423 g/mol. The van der Waals surface area contributed by atoms with Gasteiger partial charge in [-0.3, -0.25) is 0 Å². The molecule has 0 aliphatic rings. The Labute approximate surface area is 178 Å². The Morgan fingerprint density at radius 2 is 1.60 bits per heavy atom. The van der Waals surface area contributed by atoms with Gasteiger partial charge in [-0.25, -0.2) is 14.4 Å². The summed E-state index contributed by atoms with van der Waals surface area (Å²) >= 11 is 0. The van der Waals surface area contributed by atoms with Crippen molar-refractivity contribution in [3.05, 3.63) is 35.9 Å². The lowest BCUT2D eigenvalue weighted by atomic mass is 10.1. The minimum Gasteiger partial charge on any atom is -0.464 e. The van der Waals surface area contributed by atoms with Crippen LogP contribution < -0.4 is 5.32 Å². The molecule has 0 spiro atoms. The zero-order valence-electron chi connectivity index (χ0n) is 18.3. The Hall–Kier alpha value is -2.61. The molecule has 0 aromatic heterocycles. The maximum atomic E-state index is 12.9. The van der Waals surface area contributed by atoms with Crippen molar-refractivity contribution < 1.29 is 29.0 Å². The number of rotatable bonds is 12. The standard InChI is InChI=1S/C22H34N2O6/c1-5-29-20(26)18(13-12-17-10-8-7-9-11-17)23-22(28)24(14-16(3)4)15-19(25)21(27)30-6-2/h7-11,16,18-19,25H,5-6,12-15H2,1-4H3,(H,23,28)/t18-,19?/m0/s1. The predicted octanol–water partition coefficient (Wildman–Crippen LogP) is 2.14. The summed E-state index contributed by atoms with van der Waals surface area (Å²) in [7, 11) is 0. The first-order valence-electron chi connectivity index (χ1n) is 10.4. The van der Waals surface area contributed by atoms with E-state index in [1.54, 1.807) is 13.8 Å². The Bertz CT molecular complexity index is 665. The summed E-state index contributed by atoms with van der Waals surface area (Å²) in [5, 5.41) is 12.8. The molecule has 0 aliphatic heterocycles. The molecule has 8 nitrogen and oxygen atoms in total. The summed E-state index contributed by atoms with van der Waals surface area (Å²) in [6.45, 7) is 7.58. The quantitative estimate of drug-likeness (QED) is 0.500. The van der Waals surface area contributed by atoms with E-state index in [0.717, 1.165) is 5.56 Å². The first-order valence-corrected chi connectivity index (χ1v) is 10.4. The summed E-state index contributed by atoms with van der Waals surface area (Å²) < 4.78 is 9.92. The lowest BCUT2D eigenvalue weighted by Gasteiger charge is -2.28. The molecular formula is C22H34N2O6. The highest BCUT2D eigenvalue weighted by Gasteiger charge is 2.28. The molecule has 1 unspecified atom stereocenters. The van der Waals surface area contributed by atoms with Crippen LogP contribution in [-0.4, -0.2) is 66.4 Å². The van der Waals surface area contributed by atoms with Crippen LogP contribution in [0, 0.1) is 5.92 Å². The van der Waals surface area contributed by atoms with Gasteiger partial charge < -0.3 is 24.8 Å². The van der Waals surface area contributed by atoms with Crippen LogP contribution in [0.1, 0.15) is 39.7 Å². The Morgan fingerprint density at radius 1 is 1.00 bits per heavy atom. The fraction of sp³-hybridized carbons (Fsp3) is 0.591. The van der Waals surface area contributed by atoms with Crippen molar-refractivity contribution in [2.24, 2.45) is 5.92 Å². The number of nitrogens with one attached hydrogen (secondary N) is 1. The number of ether oxygens (including phenoxy) is 2. The van der Waals surface area contributed by atoms with Crippen LogP contribution in [0.5, 0.6) is 0 Å². The monoisotopic (exact) mass is 422 g/mol. The van der Waals surface area contributed by atoms with Gasteiger partial charge in [-0.05, 0) is 38.2 Å². The Kier molecular flexibility index (Phi) is 11.5. The molecule has 0 radical (unpaired) electrons. The molecule has 2 amide bonds. The number of carbonyl (C=O) groups is 3. The van der Waals surface area contributed by atoms with Gasteiger partial charge in [0.2, 0.25) is 0 Å². The fourth-order valence-electron chi connectivity index (χ4n) is 2.89. The molecule has 30 heavy (non-hydrogen) atoms. The molecule has 0 fully saturated rings. The Morgan fingerprint density at radius 3 is 2.17 bits per heavy atom. The Balaban J connectivity index is 2.85. The molecule has 0 saturated heterocycles. The van der Waals surface area contributed by atoms with E-state index in [2.05, 4.69) is 5.32 Å². The first-order chi connectivity index (χ1) is 14.3. The summed E-state index contributed by atoms with van der Waals surface area (Å²) in [5.41, 5.74) is 1.04. The zero-order chi connectivity index (χ0) is 22.5. The van der Waals surface area contributed by atoms with Crippen molar-refractivity contribution in [1.82, 2.24) is 10.2 Å². The number of carbonyl (C=O) groups excluding carboxylic acids is 3. The fourth-order valence-corrected chi connectivity index (χ4v) is 2.89. The zero-order valence-corrected chi connectivity index (χ0v) is 18.3.